The number of ether oxygens (including phenoxy) is 2. The van der Waals surface area contributed by atoms with Gasteiger partial charge in [0.2, 0.25) is 0 Å². The molecule has 0 unspecified atom stereocenters. The maximum Gasteiger partial charge on any atom is 0.471 e. The van der Waals surface area contributed by atoms with Crippen molar-refractivity contribution in [2.24, 2.45) is 0 Å². The minimum Gasteiger partial charge on any atom is -0.497 e. The molecule has 1 saturated heterocycles. The van der Waals surface area contributed by atoms with Gasteiger partial charge in [-0.3, -0.25) is 9.69 Å². The van der Waals surface area contributed by atoms with Gasteiger partial charge in [-0.15, -0.1) is 0 Å². The molecule has 0 N–H and O–H groups in total. The second kappa shape index (κ2) is 11.6. The first-order valence-electron chi connectivity index (χ1n) is 11.3. The Hall–Kier alpha value is -3.37. The molecule has 1 heterocycles. The van der Waals surface area contributed by atoms with Crippen molar-refractivity contribution in [1.29, 1.82) is 0 Å². The molecule has 36 heavy (non-hydrogen) atoms. The van der Waals surface area contributed by atoms with Crippen molar-refractivity contribution in [2.75, 3.05) is 7.11 Å². The van der Waals surface area contributed by atoms with Gasteiger partial charge in [0.05, 0.1) is 25.2 Å². The molecule has 1 fully saturated rings. The molecule has 1 aliphatic rings. The topological polar surface area (TPSA) is 59.1 Å². The maximum atomic E-state index is 14.0. The first-order valence-corrected chi connectivity index (χ1v) is 11.3. The molecule has 2 aromatic carbocycles. The van der Waals surface area contributed by atoms with Gasteiger partial charge in [0.1, 0.15) is 12.4 Å². The van der Waals surface area contributed by atoms with E-state index in [-0.39, 0.29) is 13.0 Å². The molecule has 0 aliphatic carbocycles. The van der Waals surface area contributed by atoms with E-state index in [4.69, 9.17) is 9.47 Å². The number of hydrogen-bond donors (Lipinski definition) is 0. The molecule has 1 aliphatic heterocycles. The molecule has 0 bridgehead atoms. The maximum absolute atomic E-state index is 14.0. The van der Waals surface area contributed by atoms with E-state index in [0.29, 0.717) is 21.8 Å². The Balaban J connectivity index is 1.90. The number of carbonyl (C=O) groups excluding carboxylic acids is 2. The van der Waals surface area contributed by atoms with E-state index in [1.54, 1.807) is 37.3 Å². The molecule has 196 valence electrons. The van der Waals surface area contributed by atoms with Crippen LogP contribution in [-0.4, -0.2) is 59.6 Å². The summed E-state index contributed by atoms with van der Waals surface area (Å²) in [5.74, 6) is -1.70. The fraction of sp³-hybridized carbons (Fsp3) is 0.440. The predicted molar refractivity (Wildman–Crippen MR) is 120 cm³/mol. The average molecular weight is 514 g/mol. The van der Waals surface area contributed by atoms with Gasteiger partial charge in [-0.1, -0.05) is 49.4 Å². The quantitative estimate of drug-likeness (QED) is 0.442. The van der Waals surface area contributed by atoms with Crippen molar-refractivity contribution < 1.29 is 41.0 Å². The van der Waals surface area contributed by atoms with Gasteiger partial charge >= 0.3 is 18.2 Å². The number of rotatable bonds is 8. The highest BCUT2D eigenvalue weighted by Crippen LogP contribution is 2.37. The highest BCUT2D eigenvalue weighted by atomic mass is 19.4. The van der Waals surface area contributed by atoms with E-state index in [1.807, 2.05) is 0 Å². The smallest absolute Gasteiger partial charge is 0.471 e. The Morgan fingerprint density at radius 1 is 1.06 bits per heavy atom. The SMILES string of the molecule is CC[C@H]1[C@@H](N(Cc2ccc(OC)cc2)C(=O)C(F)(F)F)C[C@@H](C(F)F)N1C(=O)OCc1ccccc1. The lowest BCUT2D eigenvalue weighted by Gasteiger charge is -2.35. The van der Waals surface area contributed by atoms with Crippen molar-refractivity contribution in [3.63, 3.8) is 0 Å². The Morgan fingerprint density at radius 3 is 2.22 bits per heavy atom. The zero-order chi connectivity index (χ0) is 26.5. The number of methoxy groups -OCH3 is 1. The molecule has 3 atom stereocenters. The Kier molecular flexibility index (Phi) is 8.75. The Bertz CT molecular complexity index is 1020. The summed E-state index contributed by atoms with van der Waals surface area (Å²) in [5, 5.41) is 0. The summed E-state index contributed by atoms with van der Waals surface area (Å²) in [7, 11) is 1.43. The lowest BCUT2D eigenvalue weighted by molar-refractivity contribution is -0.189. The molecular formula is C25H27F5N2O4. The van der Waals surface area contributed by atoms with Crippen molar-refractivity contribution in [3.05, 3.63) is 65.7 Å². The lowest BCUT2D eigenvalue weighted by atomic mass is 10.0. The molecular weight excluding hydrogens is 487 g/mol. The highest BCUT2D eigenvalue weighted by Gasteiger charge is 2.54. The average Bonchev–Trinajstić information content (AvgIpc) is 3.25. The van der Waals surface area contributed by atoms with Crippen molar-refractivity contribution in [1.82, 2.24) is 9.80 Å². The highest BCUT2D eigenvalue weighted by molar-refractivity contribution is 5.82. The van der Waals surface area contributed by atoms with Gasteiger partial charge < -0.3 is 14.4 Å². The zero-order valence-electron chi connectivity index (χ0n) is 19.8. The third-order valence-electron chi connectivity index (χ3n) is 6.18. The van der Waals surface area contributed by atoms with Crippen molar-refractivity contribution in [3.8, 4) is 5.75 Å². The normalized spacial score (nSPS) is 19.9. The van der Waals surface area contributed by atoms with Crippen LogP contribution in [-0.2, 0) is 22.7 Å². The molecule has 11 heteroatoms. The molecule has 0 saturated carbocycles. The largest absolute Gasteiger partial charge is 0.497 e. The van der Waals surface area contributed by atoms with E-state index >= 15 is 0 Å². The Labute approximate surface area is 205 Å². The van der Waals surface area contributed by atoms with Crippen molar-refractivity contribution >= 4 is 12.0 Å². The summed E-state index contributed by atoms with van der Waals surface area (Å²) in [6.45, 7) is 0.892. The molecule has 6 nitrogen and oxygen atoms in total. The van der Waals surface area contributed by atoms with Gasteiger partial charge in [0, 0.05) is 6.54 Å². The van der Waals surface area contributed by atoms with Gasteiger partial charge in [-0.05, 0) is 36.1 Å². The number of likely N-dealkylation sites (tertiary alicyclic amines) is 1. The van der Waals surface area contributed by atoms with Crippen LogP contribution in [0.15, 0.2) is 54.6 Å². The van der Waals surface area contributed by atoms with E-state index in [0.717, 1.165) is 4.90 Å². The second-order valence-corrected chi connectivity index (χ2v) is 8.41. The van der Waals surface area contributed by atoms with Crippen molar-refractivity contribution in [2.45, 2.75) is 63.6 Å². The van der Waals surface area contributed by atoms with Gasteiger partial charge in [-0.2, -0.15) is 13.2 Å². The third kappa shape index (κ3) is 6.24. The van der Waals surface area contributed by atoms with Crippen LogP contribution in [0.25, 0.3) is 0 Å². The number of hydrogen-bond acceptors (Lipinski definition) is 4. The number of nitrogens with zero attached hydrogens (tertiary/aromatic N) is 2. The first kappa shape index (κ1) is 27.2. The second-order valence-electron chi connectivity index (χ2n) is 8.41. The summed E-state index contributed by atoms with van der Waals surface area (Å²) < 4.78 is 79.0. The standard InChI is InChI=1S/C25H27F5N2O4/c1-3-19-20(31(23(33)25(28,29)30)14-16-9-11-18(35-2)12-10-16)13-21(22(26)27)32(19)24(34)36-15-17-7-5-4-6-8-17/h4-12,19-22H,3,13-15H2,1-2H3/t19-,20-,21-/m0/s1. The molecule has 2 aromatic rings. The number of benzene rings is 2. The zero-order valence-corrected chi connectivity index (χ0v) is 19.8. The minimum absolute atomic E-state index is 0.0403. The predicted octanol–water partition coefficient (Wildman–Crippen LogP) is 5.41. The van der Waals surface area contributed by atoms with Crippen LogP contribution < -0.4 is 4.74 Å². The molecule has 2 amide bonds. The number of halogens is 5. The van der Waals surface area contributed by atoms with E-state index < -0.39 is 55.7 Å². The molecule has 0 spiro atoms. The van der Waals surface area contributed by atoms with E-state index in [9.17, 15) is 31.5 Å². The summed E-state index contributed by atoms with van der Waals surface area (Å²) in [5.41, 5.74) is 0.971. The van der Waals surface area contributed by atoms with Crippen LogP contribution in [0.5, 0.6) is 5.75 Å². The molecule has 3 rings (SSSR count). The van der Waals surface area contributed by atoms with Crippen LogP contribution in [0.2, 0.25) is 0 Å². The van der Waals surface area contributed by atoms with Crippen LogP contribution in [0.1, 0.15) is 30.9 Å². The summed E-state index contributed by atoms with van der Waals surface area (Å²) in [6, 6.07) is 10.5. The van der Waals surface area contributed by atoms with E-state index in [1.165, 1.54) is 31.4 Å². The fourth-order valence-electron chi connectivity index (χ4n) is 4.47. The summed E-state index contributed by atoms with van der Waals surface area (Å²) in [4.78, 5) is 26.7. The van der Waals surface area contributed by atoms with Crippen LogP contribution in [0.4, 0.5) is 26.7 Å². The minimum atomic E-state index is -5.23. The van der Waals surface area contributed by atoms with E-state index in [2.05, 4.69) is 0 Å². The van der Waals surface area contributed by atoms with Crippen LogP contribution >= 0.6 is 0 Å². The first-order chi connectivity index (χ1) is 17.1. The number of carbonyl (C=O) groups is 2. The summed E-state index contributed by atoms with van der Waals surface area (Å²) in [6.07, 6.45) is -9.82. The van der Waals surface area contributed by atoms with Crippen LogP contribution in [0.3, 0.4) is 0 Å². The van der Waals surface area contributed by atoms with Gasteiger partial charge in [0.15, 0.2) is 0 Å². The van der Waals surface area contributed by atoms with Crippen LogP contribution in [0, 0.1) is 0 Å². The van der Waals surface area contributed by atoms with Gasteiger partial charge in [-0.25, -0.2) is 13.6 Å². The monoisotopic (exact) mass is 514 g/mol. The third-order valence-corrected chi connectivity index (χ3v) is 6.18. The molecule has 0 radical (unpaired) electrons. The number of amides is 2. The van der Waals surface area contributed by atoms with Gasteiger partial charge in [0.25, 0.3) is 6.43 Å². The summed E-state index contributed by atoms with van der Waals surface area (Å²) >= 11 is 0. The Morgan fingerprint density at radius 2 is 1.69 bits per heavy atom. The lowest BCUT2D eigenvalue weighted by Crippen LogP contribution is -2.52. The molecule has 0 aromatic heterocycles. The number of alkyl halides is 5. The fourth-order valence-corrected chi connectivity index (χ4v) is 4.47.